The largest absolute Gasteiger partial charge is 0.401 e. The molecule has 0 spiro atoms. The number of hydrogen-bond donors (Lipinski definition) is 0. The molecule has 0 amide bonds. The van der Waals surface area contributed by atoms with Crippen molar-refractivity contribution in [2.75, 3.05) is 6.26 Å². The van der Waals surface area contributed by atoms with Gasteiger partial charge in [-0.25, -0.2) is 4.21 Å². The molecule has 0 N–H and O–H groups in total. The predicted octanol–water partition coefficient (Wildman–Crippen LogP) is 2.12. The molecule has 0 radical (unpaired) electrons. The van der Waals surface area contributed by atoms with Crippen LogP contribution in [0.25, 0.3) is 0 Å². The van der Waals surface area contributed by atoms with Gasteiger partial charge in [0.15, 0.2) is 0 Å². The lowest BCUT2D eigenvalue weighted by molar-refractivity contribution is 0.568. The molecule has 0 aliphatic heterocycles. The average Bonchev–Trinajstić information content (AvgIpc) is 1.93. The molecule has 0 aliphatic carbocycles. The third-order valence-corrected chi connectivity index (χ3v) is 1.98. The van der Waals surface area contributed by atoms with E-state index >= 15 is 0 Å². The Morgan fingerprint density at radius 1 is 1.36 bits per heavy atom. The second-order valence-corrected chi connectivity index (χ2v) is 3.82. The van der Waals surface area contributed by atoms with E-state index in [1.54, 1.807) is 12.1 Å². The summed E-state index contributed by atoms with van der Waals surface area (Å²) < 4.78 is 16.5. The van der Waals surface area contributed by atoms with Crippen LogP contribution >= 0.6 is 15.9 Å². The molecule has 4 heteroatoms. The fourth-order valence-electron chi connectivity index (χ4n) is 0.626. The molecule has 0 fully saturated rings. The van der Waals surface area contributed by atoms with E-state index in [0.29, 0.717) is 5.75 Å². The van der Waals surface area contributed by atoms with Crippen LogP contribution in [0.15, 0.2) is 28.7 Å². The Labute approximate surface area is 76.4 Å². The molecule has 0 saturated heterocycles. The zero-order chi connectivity index (χ0) is 8.27. The zero-order valence-electron chi connectivity index (χ0n) is 5.91. The first kappa shape index (κ1) is 8.74. The van der Waals surface area contributed by atoms with Crippen LogP contribution in [0.1, 0.15) is 0 Å². The molecule has 60 valence electrons. The maximum atomic E-state index is 10.6. The van der Waals surface area contributed by atoms with Gasteiger partial charge in [0.2, 0.25) is 11.1 Å². The van der Waals surface area contributed by atoms with Crippen molar-refractivity contribution in [1.29, 1.82) is 0 Å². The Bertz CT molecular complexity index is 258. The minimum absolute atomic E-state index is 0.619. The van der Waals surface area contributed by atoms with Crippen LogP contribution in [-0.4, -0.2) is 10.5 Å². The second kappa shape index (κ2) is 3.88. The Hall–Kier alpha value is -0.350. The number of hydrogen-bond acceptors (Lipinski definition) is 2. The highest BCUT2D eigenvalue weighted by molar-refractivity contribution is 9.10. The van der Waals surface area contributed by atoms with Gasteiger partial charge in [-0.05, 0) is 24.3 Å². The van der Waals surface area contributed by atoms with E-state index < -0.39 is 11.1 Å². The van der Waals surface area contributed by atoms with Crippen LogP contribution < -0.4 is 4.18 Å². The summed E-state index contributed by atoms with van der Waals surface area (Å²) in [5.41, 5.74) is 0. The first-order valence-corrected chi connectivity index (χ1v) is 5.23. The van der Waals surface area contributed by atoms with E-state index in [2.05, 4.69) is 15.9 Å². The van der Waals surface area contributed by atoms with Gasteiger partial charge in [-0.3, -0.25) is 0 Å². The van der Waals surface area contributed by atoms with E-state index in [9.17, 15) is 4.21 Å². The predicted molar refractivity (Wildman–Crippen MR) is 48.8 cm³/mol. The van der Waals surface area contributed by atoms with Gasteiger partial charge in [-0.1, -0.05) is 15.9 Å². The molecule has 0 aliphatic rings. The lowest BCUT2D eigenvalue weighted by Crippen LogP contribution is -1.95. The van der Waals surface area contributed by atoms with Crippen LogP contribution in [0.3, 0.4) is 0 Å². The van der Waals surface area contributed by atoms with E-state index in [-0.39, 0.29) is 0 Å². The molecule has 2 nitrogen and oxygen atoms in total. The topological polar surface area (TPSA) is 26.3 Å². The molecule has 0 aromatic heterocycles. The van der Waals surface area contributed by atoms with Crippen molar-refractivity contribution in [2.45, 2.75) is 0 Å². The number of benzene rings is 1. The van der Waals surface area contributed by atoms with Gasteiger partial charge < -0.3 is 4.18 Å². The normalized spacial score (nSPS) is 12.5. The van der Waals surface area contributed by atoms with Crippen molar-refractivity contribution in [3.05, 3.63) is 28.7 Å². The van der Waals surface area contributed by atoms with Crippen molar-refractivity contribution in [3.8, 4) is 5.75 Å². The minimum Gasteiger partial charge on any atom is -0.401 e. The fraction of sp³-hybridized carbons (Fsp3) is 0.143. The molecular formula is C7H7BrO2S. The van der Waals surface area contributed by atoms with E-state index in [1.165, 1.54) is 6.26 Å². The third-order valence-electron chi connectivity index (χ3n) is 1.03. The smallest absolute Gasteiger partial charge is 0.203 e. The van der Waals surface area contributed by atoms with Gasteiger partial charge in [0.25, 0.3) is 0 Å². The number of rotatable bonds is 2. The molecular weight excluding hydrogens is 228 g/mol. The van der Waals surface area contributed by atoms with Crippen LogP contribution in [0.2, 0.25) is 0 Å². The summed E-state index contributed by atoms with van der Waals surface area (Å²) >= 11 is 2.04. The lowest BCUT2D eigenvalue weighted by Gasteiger charge is -1.99. The fourth-order valence-corrected chi connectivity index (χ4v) is 1.27. The SMILES string of the molecule is CS(=O)Oc1ccc(Br)cc1. The molecule has 11 heavy (non-hydrogen) atoms. The zero-order valence-corrected chi connectivity index (χ0v) is 8.31. The Morgan fingerprint density at radius 3 is 2.36 bits per heavy atom. The molecule has 0 heterocycles. The van der Waals surface area contributed by atoms with Gasteiger partial charge in [-0.2, -0.15) is 0 Å². The minimum atomic E-state index is -1.24. The van der Waals surface area contributed by atoms with Crippen molar-refractivity contribution in [3.63, 3.8) is 0 Å². The first-order chi connectivity index (χ1) is 5.18. The molecule has 1 rings (SSSR count). The van der Waals surface area contributed by atoms with Crippen LogP contribution in [0.4, 0.5) is 0 Å². The van der Waals surface area contributed by atoms with Crippen LogP contribution in [0.5, 0.6) is 5.75 Å². The summed E-state index contributed by atoms with van der Waals surface area (Å²) in [6.07, 6.45) is 1.49. The van der Waals surface area contributed by atoms with E-state index in [1.807, 2.05) is 12.1 Å². The molecule has 1 unspecified atom stereocenters. The van der Waals surface area contributed by atoms with Crippen molar-refractivity contribution < 1.29 is 8.39 Å². The lowest BCUT2D eigenvalue weighted by atomic mass is 10.3. The van der Waals surface area contributed by atoms with E-state index in [0.717, 1.165) is 4.47 Å². The number of halogens is 1. The summed E-state index contributed by atoms with van der Waals surface area (Å²) in [4.78, 5) is 0. The summed E-state index contributed by atoms with van der Waals surface area (Å²) in [6, 6.07) is 7.18. The Morgan fingerprint density at radius 2 is 1.91 bits per heavy atom. The van der Waals surface area contributed by atoms with Crippen molar-refractivity contribution >= 4 is 27.0 Å². The van der Waals surface area contributed by atoms with Gasteiger partial charge >= 0.3 is 0 Å². The summed E-state index contributed by atoms with van der Waals surface area (Å²) in [6.45, 7) is 0. The highest BCUT2D eigenvalue weighted by Crippen LogP contribution is 2.16. The molecule has 0 bridgehead atoms. The molecule has 1 atom stereocenters. The molecule has 0 saturated carbocycles. The highest BCUT2D eigenvalue weighted by Gasteiger charge is 1.94. The summed E-state index contributed by atoms with van der Waals surface area (Å²) in [5, 5.41) is 0. The standard InChI is InChI=1S/C7H7BrO2S/c1-11(9)10-7-4-2-6(8)3-5-7/h2-5H,1H3. The first-order valence-electron chi connectivity index (χ1n) is 2.96. The summed E-state index contributed by atoms with van der Waals surface area (Å²) in [7, 11) is 0. The quantitative estimate of drug-likeness (QED) is 0.784. The molecule has 1 aromatic rings. The Kier molecular flexibility index (Phi) is 3.08. The Balaban J connectivity index is 2.74. The summed E-state index contributed by atoms with van der Waals surface area (Å²) in [5.74, 6) is 0.619. The van der Waals surface area contributed by atoms with Gasteiger partial charge in [-0.15, -0.1) is 0 Å². The maximum absolute atomic E-state index is 10.6. The monoisotopic (exact) mass is 234 g/mol. The van der Waals surface area contributed by atoms with Crippen molar-refractivity contribution in [2.24, 2.45) is 0 Å². The third kappa shape index (κ3) is 3.03. The van der Waals surface area contributed by atoms with Crippen LogP contribution in [0, 0.1) is 0 Å². The molecule has 1 aromatic carbocycles. The van der Waals surface area contributed by atoms with E-state index in [4.69, 9.17) is 4.18 Å². The van der Waals surface area contributed by atoms with Crippen molar-refractivity contribution in [1.82, 2.24) is 0 Å². The van der Waals surface area contributed by atoms with Gasteiger partial charge in [0.1, 0.15) is 5.75 Å². The second-order valence-electron chi connectivity index (χ2n) is 1.94. The average molecular weight is 235 g/mol. The van der Waals surface area contributed by atoms with Crippen LogP contribution in [-0.2, 0) is 11.1 Å². The van der Waals surface area contributed by atoms with Gasteiger partial charge in [0.05, 0.1) is 0 Å². The highest BCUT2D eigenvalue weighted by atomic mass is 79.9. The maximum Gasteiger partial charge on any atom is 0.203 e. The van der Waals surface area contributed by atoms with Gasteiger partial charge in [0, 0.05) is 10.7 Å².